The van der Waals surface area contributed by atoms with E-state index in [0.29, 0.717) is 5.75 Å². The first-order valence-corrected chi connectivity index (χ1v) is 6.45. The third kappa shape index (κ3) is 3.50. The van der Waals surface area contributed by atoms with Crippen LogP contribution in [-0.2, 0) is 15.5 Å². The maximum absolute atomic E-state index is 10.9. The summed E-state index contributed by atoms with van der Waals surface area (Å²) in [5.41, 5.74) is 0.214. The number of benzene rings is 1. The van der Waals surface area contributed by atoms with E-state index in [0.717, 1.165) is 5.56 Å². The largest absolute Gasteiger partial charge is 0.497 e. The van der Waals surface area contributed by atoms with Crippen molar-refractivity contribution in [3.05, 3.63) is 29.8 Å². The zero-order valence-electron chi connectivity index (χ0n) is 9.60. The molecular weight excluding hydrogens is 228 g/mol. The molecule has 5 heteroatoms. The van der Waals surface area contributed by atoms with Crippen molar-refractivity contribution >= 4 is 10.1 Å². The van der Waals surface area contributed by atoms with Gasteiger partial charge in [0.05, 0.1) is 12.9 Å². The van der Waals surface area contributed by atoms with E-state index >= 15 is 0 Å². The van der Waals surface area contributed by atoms with Gasteiger partial charge in [0.1, 0.15) is 5.75 Å². The maximum atomic E-state index is 10.9. The molecule has 16 heavy (non-hydrogen) atoms. The van der Waals surface area contributed by atoms with E-state index in [1.807, 2.05) is 0 Å². The quantitative estimate of drug-likeness (QED) is 0.821. The van der Waals surface area contributed by atoms with Crippen molar-refractivity contribution in [2.24, 2.45) is 0 Å². The van der Waals surface area contributed by atoms with Gasteiger partial charge in [0.2, 0.25) is 0 Å². The van der Waals surface area contributed by atoms with Gasteiger partial charge < -0.3 is 4.74 Å². The van der Waals surface area contributed by atoms with Crippen LogP contribution in [0.2, 0.25) is 0 Å². The Balaban J connectivity index is 2.98. The van der Waals surface area contributed by atoms with Gasteiger partial charge in [-0.25, -0.2) is 0 Å². The minimum Gasteiger partial charge on any atom is -0.497 e. The van der Waals surface area contributed by atoms with Crippen LogP contribution in [0.1, 0.15) is 19.4 Å². The van der Waals surface area contributed by atoms with Gasteiger partial charge in [-0.3, -0.25) is 4.55 Å². The summed E-state index contributed by atoms with van der Waals surface area (Å²) in [7, 11) is -2.41. The molecule has 0 amide bonds. The van der Waals surface area contributed by atoms with Gasteiger partial charge in [0.25, 0.3) is 10.1 Å². The molecule has 0 saturated carbocycles. The van der Waals surface area contributed by atoms with Gasteiger partial charge in [-0.15, -0.1) is 0 Å². The molecule has 0 saturated heterocycles. The van der Waals surface area contributed by atoms with Crippen LogP contribution in [-0.4, -0.2) is 25.8 Å². The molecule has 1 aromatic rings. The SMILES string of the molecule is COc1ccc(C(C)(C)CS(=O)(=O)O)cc1. The van der Waals surface area contributed by atoms with Crippen molar-refractivity contribution in [1.82, 2.24) is 0 Å². The van der Waals surface area contributed by atoms with Crippen molar-refractivity contribution in [2.75, 3.05) is 12.9 Å². The van der Waals surface area contributed by atoms with Gasteiger partial charge in [-0.2, -0.15) is 8.42 Å². The first kappa shape index (κ1) is 13.0. The third-order valence-corrected chi connectivity index (χ3v) is 3.50. The molecule has 0 aliphatic rings. The Hall–Kier alpha value is -1.07. The molecule has 0 aliphatic heterocycles. The minimum absolute atomic E-state index is 0.299. The van der Waals surface area contributed by atoms with Crippen molar-refractivity contribution in [3.8, 4) is 5.75 Å². The Kier molecular flexibility index (Phi) is 3.60. The number of hydrogen-bond donors (Lipinski definition) is 1. The highest BCUT2D eigenvalue weighted by atomic mass is 32.2. The number of ether oxygens (including phenoxy) is 1. The molecule has 0 aliphatic carbocycles. The zero-order valence-corrected chi connectivity index (χ0v) is 10.4. The minimum atomic E-state index is -3.98. The summed E-state index contributed by atoms with van der Waals surface area (Å²) in [5.74, 6) is 0.415. The Bertz CT molecular complexity index is 445. The summed E-state index contributed by atoms with van der Waals surface area (Å²) in [4.78, 5) is 0. The van der Waals surface area contributed by atoms with E-state index < -0.39 is 15.5 Å². The Morgan fingerprint density at radius 1 is 1.25 bits per heavy atom. The lowest BCUT2D eigenvalue weighted by molar-refractivity contribution is 0.414. The van der Waals surface area contributed by atoms with Crippen LogP contribution in [0, 0.1) is 0 Å². The molecule has 90 valence electrons. The van der Waals surface area contributed by atoms with Crippen molar-refractivity contribution in [1.29, 1.82) is 0 Å². The van der Waals surface area contributed by atoms with Gasteiger partial charge in [-0.05, 0) is 17.7 Å². The topological polar surface area (TPSA) is 63.6 Å². The highest BCUT2D eigenvalue weighted by molar-refractivity contribution is 7.85. The molecule has 0 atom stereocenters. The van der Waals surface area contributed by atoms with E-state index in [4.69, 9.17) is 9.29 Å². The lowest BCUT2D eigenvalue weighted by Gasteiger charge is -2.23. The van der Waals surface area contributed by atoms with Gasteiger partial charge in [0.15, 0.2) is 0 Å². The van der Waals surface area contributed by atoms with Crippen LogP contribution in [0.3, 0.4) is 0 Å². The van der Waals surface area contributed by atoms with Crippen LogP contribution in [0.25, 0.3) is 0 Å². The summed E-state index contributed by atoms with van der Waals surface area (Å²) in [6.07, 6.45) is 0. The number of methoxy groups -OCH3 is 1. The molecular formula is C11H16O4S. The Labute approximate surface area is 96.0 Å². The predicted octanol–water partition coefficient (Wildman–Crippen LogP) is 1.86. The van der Waals surface area contributed by atoms with Crippen LogP contribution in [0.4, 0.5) is 0 Å². The summed E-state index contributed by atoms with van der Waals surface area (Å²) < 4.78 is 35.6. The summed E-state index contributed by atoms with van der Waals surface area (Å²) in [6.45, 7) is 3.53. The molecule has 1 N–H and O–H groups in total. The van der Waals surface area contributed by atoms with Gasteiger partial charge >= 0.3 is 0 Å². The van der Waals surface area contributed by atoms with E-state index in [9.17, 15) is 8.42 Å². The van der Waals surface area contributed by atoms with Gasteiger partial charge in [-0.1, -0.05) is 26.0 Å². The summed E-state index contributed by atoms with van der Waals surface area (Å²) in [5, 5.41) is 0. The molecule has 0 bridgehead atoms. The molecule has 1 aromatic carbocycles. The second-order valence-electron chi connectivity index (χ2n) is 4.34. The molecule has 0 radical (unpaired) electrons. The first-order valence-electron chi connectivity index (χ1n) is 4.84. The highest BCUT2D eigenvalue weighted by Gasteiger charge is 2.26. The molecule has 0 spiro atoms. The molecule has 4 nitrogen and oxygen atoms in total. The first-order chi connectivity index (χ1) is 7.24. The molecule has 0 unspecified atom stereocenters. The van der Waals surface area contributed by atoms with E-state index in [1.54, 1.807) is 45.2 Å². The van der Waals surface area contributed by atoms with Crippen LogP contribution in [0.5, 0.6) is 5.75 Å². The lowest BCUT2D eigenvalue weighted by atomic mass is 9.87. The van der Waals surface area contributed by atoms with Crippen LogP contribution >= 0.6 is 0 Å². The smallest absolute Gasteiger partial charge is 0.265 e. The highest BCUT2D eigenvalue weighted by Crippen LogP contribution is 2.26. The fourth-order valence-electron chi connectivity index (χ4n) is 1.58. The maximum Gasteiger partial charge on any atom is 0.265 e. The van der Waals surface area contributed by atoms with Crippen LogP contribution < -0.4 is 4.74 Å². The fourth-order valence-corrected chi connectivity index (χ4v) is 2.66. The molecule has 0 heterocycles. The average Bonchev–Trinajstić information content (AvgIpc) is 2.14. The Morgan fingerprint density at radius 3 is 2.12 bits per heavy atom. The second-order valence-corrected chi connectivity index (χ2v) is 5.79. The number of hydrogen-bond acceptors (Lipinski definition) is 3. The summed E-state index contributed by atoms with van der Waals surface area (Å²) in [6, 6.07) is 7.12. The fraction of sp³-hybridized carbons (Fsp3) is 0.455. The lowest BCUT2D eigenvalue weighted by Crippen LogP contribution is -2.27. The predicted molar refractivity (Wildman–Crippen MR) is 62.4 cm³/mol. The molecule has 1 rings (SSSR count). The van der Waals surface area contributed by atoms with Crippen molar-refractivity contribution in [2.45, 2.75) is 19.3 Å². The van der Waals surface area contributed by atoms with E-state index in [2.05, 4.69) is 0 Å². The average molecular weight is 244 g/mol. The second kappa shape index (κ2) is 4.43. The van der Waals surface area contributed by atoms with Crippen molar-refractivity contribution in [3.63, 3.8) is 0 Å². The summed E-state index contributed by atoms with van der Waals surface area (Å²) >= 11 is 0. The van der Waals surface area contributed by atoms with Crippen LogP contribution in [0.15, 0.2) is 24.3 Å². The zero-order chi connectivity index (χ0) is 12.4. The Morgan fingerprint density at radius 2 is 1.75 bits per heavy atom. The van der Waals surface area contributed by atoms with Gasteiger partial charge in [0, 0.05) is 5.41 Å². The van der Waals surface area contributed by atoms with Crippen molar-refractivity contribution < 1.29 is 17.7 Å². The molecule has 0 aromatic heterocycles. The van der Waals surface area contributed by atoms with E-state index in [1.165, 1.54) is 0 Å². The normalized spacial score (nSPS) is 12.5. The standard InChI is InChI=1S/C11H16O4S/c1-11(2,8-16(12,13)14)9-4-6-10(15-3)7-5-9/h4-7H,8H2,1-3H3,(H,12,13,14). The molecule has 0 fully saturated rings. The van der Waals surface area contributed by atoms with E-state index in [-0.39, 0.29) is 5.75 Å². The monoisotopic (exact) mass is 244 g/mol. The number of rotatable bonds is 4. The third-order valence-electron chi connectivity index (χ3n) is 2.41.